The van der Waals surface area contributed by atoms with Gasteiger partial charge in [0.1, 0.15) is 31.0 Å². The number of ether oxygens (including phenoxy) is 4. The van der Waals surface area contributed by atoms with E-state index in [0.717, 1.165) is 70.6 Å². The normalized spacial score (nSPS) is 16.2. The Bertz CT molecular complexity index is 559. The standard InChI is InChI=1S/C28H56O13/c29-15-23(33)19-38-27(37)13-11-9-7-5-3-1-2-4-6-8-10-12-14-28(39-20-24(34)16-30,40-21-25(35)17-31)41-22-26(36)18-32/h23-26,29-36H,1-22H2. The summed E-state index contributed by atoms with van der Waals surface area (Å²) >= 11 is 0. The van der Waals surface area contributed by atoms with Crippen LogP contribution >= 0.6 is 0 Å². The second kappa shape index (κ2) is 26.6. The summed E-state index contributed by atoms with van der Waals surface area (Å²) in [5.74, 6) is -2.08. The molecule has 246 valence electrons. The molecule has 0 fully saturated rings. The van der Waals surface area contributed by atoms with Crippen molar-refractivity contribution < 1.29 is 64.6 Å². The summed E-state index contributed by atoms with van der Waals surface area (Å²) in [6.07, 6.45) is 7.84. The monoisotopic (exact) mass is 600 g/mol. The molecule has 4 atom stereocenters. The van der Waals surface area contributed by atoms with Crippen LogP contribution in [0, 0.1) is 0 Å². The van der Waals surface area contributed by atoms with Gasteiger partial charge in [-0.25, -0.2) is 0 Å². The SMILES string of the molecule is O=C(CCCCCCCCCCCCCCC(OCC(O)CO)(OCC(O)CO)OCC(O)CO)OCC(O)CO. The van der Waals surface area contributed by atoms with Gasteiger partial charge in [-0.15, -0.1) is 0 Å². The van der Waals surface area contributed by atoms with E-state index in [2.05, 4.69) is 0 Å². The molecule has 0 saturated heterocycles. The van der Waals surface area contributed by atoms with Crippen LogP contribution in [0.2, 0.25) is 0 Å². The van der Waals surface area contributed by atoms with Crippen molar-refractivity contribution in [3.05, 3.63) is 0 Å². The number of aliphatic hydroxyl groups is 8. The molecule has 8 N–H and O–H groups in total. The highest BCUT2D eigenvalue weighted by molar-refractivity contribution is 5.69. The summed E-state index contributed by atoms with van der Waals surface area (Å²) in [7, 11) is 0. The first kappa shape index (κ1) is 40.0. The van der Waals surface area contributed by atoms with Gasteiger partial charge in [0.05, 0.1) is 46.2 Å². The quantitative estimate of drug-likeness (QED) is 0.0312. The van der Waals surface area contributed by atoms with Gasteiger partial charge in [0.2, 0.25) is 0 Å². The minimum absolute atomic E-state index is 0.170. The van der Waals surface area contributed by atoms with Crippen molar-refractivity contribution in [2.24, 2.45) is 0 Å². The van der Waals surface area contributed by atoms with E-state index in [9.17, 15) is 20.1 Å². The Morgan fingerprint density at radius 2 is 0.805 bits per heavy atom. The van der Waals surface area contributed by atoms with Gasteiger partial charge in [-0.3, -0.25) is 4.79 Å². The molecule has 0 spiro atoms. The second-order valence-corrected chi connectivity index (χ2v) is 10.4. The maximum atomic E-state index is 11.5. The number of unbranched alkanes of at least 4 members (excludes halogenated alkanes) is 11. The summed E-state index contributed by atoms with van der Waals surface area (Å²) < 4.78 is 21.8. The number of aliphatic hydroxyl groups excluding tert-OH is 8. The van der Waals surface area contributed by atoms with E-state index in [4.69, 9.17) is 44.5 Å². The van der Waals surface area contributed by atoms with E-state index >= 15 is 0 Å². The Balaban J connectivity index is 4.18. The van der Waals surface area contributed by atoms with E-state index in [1.54, 1.807) is 0 Å². The summed E-state index contributed by atoms with van der Waals surface area (Å²) in [5.41, 5.74) is 0. The van der Waals surface area contributed by atoms with Crippen molar-refractivity contribution in [2.75, 3.05) is 52.9 Å². The number of rotatable bonds is 30. The first-order valence-electron chi connectivity index (χ1n) is 14.9. The maximum absolute atomic E-state index is 11.5. The predicted molar refractivity (Wildman–Crippen MR) is 149 cm³/mol. The summed E-state index contributed by atoms with van der Waals surface area (Å²) in [6, 6.07) is 0. The number of hydrogen-bond donors (Lipinski definition) is 8. The molecule has 13 nitrogen and oxygen atoms in total. The molecular formula is C28H56O13. The Kier molecular flexibility index (Phi) is 26.0. The lowest BCUT2D eigenvalue weighted by Gasteiger charge is -2.35. The van der Waals surface area contributed by atoms with Crippen LogP contribution in [0.3, 0.4) is 0 Å². The highest BCUT2D eigenvalue weighted by atomic mass is 16.9. The van der Waals surface area contributed by atoms with Crippen molar-refractivity contribution in [1.82, 2.24) is 0 Å². The van der Waals surface area contributed by atoms with Crippen molar-refractivity contribution in [3.63, 3.8) is 0 Å². The lowest BCUT2D eigenvalue weighted by molar-refractivity contribution is -0.395. The zero-order chi connectivity index (χ0) is 30.8. The van der Waals surface area contributed by atoms with E-state index in [-0.39, 0.29) is 38.8 Å². The smallest absolute Gasteiger partial charge is 0.305 e. The molecule has 0 amide bonds. The molecule has 0 aliphatic carbocycles. The number of hydrogen-bond acceptors (Lipinski definition) is 13. The minimum atomic E-state index is -1.73. The fourth-order valence-corrected chi connectivity index (χ4v) is 3.86. The van der Waals surface area contributed by atoms with Crippen molar-refractivity contribution in [3.8, 4) is 0 Å². The summed E-state index contributed by atoms with van der Waals surface area (Å²) in [4.78, 5) is 11.5. The molecule has 0 aromatic heterocycles. The lowest BCUT2D eigenvalue weighted by atomic mass is 10.0. The van der Waals surface area contributed by atoms with E-state index < -0.39 is 56.8 Å². The van der Waals surface area contributed by atoms with Gasteiger partial charge >= 0.3 is 5.97 Å². The largest absolute Gasteiger partial charge is 0.463 e. The van der Waals surface area contributed by atoms with Gasteiger partial charge in [0.25, 0.3) is 5.97 Å². The zero-order valence-electron chi connectivity index (χ0n) is 24.5. The van der Waals surface area contributed by atoms with E-state index in [1.807, 2.05) is 0 Å². The third-order valence-corrected chi connectivity index (χ3v) is 6.38. The molecule has 0 aromatic carbocycles. The number of carbonyl (C=O) groups excluding carboxylic acids is 1. The lowest BCUT2D eigenvalue weighted by Crippen LogP contribution is -2.45. The van der Waals surface area contributed by atoms with E-state index in [1.165, 1.54) is 0 Å². The van der Waals surface area contributed by atoms with Crippen LogP contribution in [0.4, 0.5) is 0 Å². The highest BCUT2D eigenvalue weighted by Gasteiger charge is 2.35. The number of esters is 1. The topological polar surface area (TPSA) is 216 Å². The maximum Gasteiger partial charge on any atom is 0.305 e. The van der Waals surface area contributed by atoms with Gasteiger partial charge in [0.15, 0.2) is 0 Å². The molecule has 0 aromatic rings. The van der Waals surface area contributed by atoms with Crippen LogP contribution in [0.1, 0.15) is 89.9 Å². The van der Waals surface area contributed by atoms with Crippen LogP contribution in [0.25, 0.3) is 0 Å². The molecule has 0 bridgehead atoms. The Hall–Kier alpha value is -0.970. The second-order valence-electron chi connectivity index (χ2n) is 10.4. The van der Waals surface area contributed by atoms with Crippen molar-refractivity contribution in [2.45, 2.75) is 120 Å². The predicted octanol–water partition coefficient (Wildman–Crippen LogP) is 0.107. The van der Waals surface area contributed by atoms with Crippen LogP contribution in [0.15, 0.2) is 0 Å². The first-order chi connectivity index (χ1) is 19.7. The molecule has 0 rings (SSSR count). The molecule has 0 saturated carbocycles. The fourth-order valence-electron chi connectivity index (χ4n) is 3.86. The number of carbonyl (C=O) groups is 1. The van der Waals surface area contributed by atoms with Gasteiger partial charge < -0.3 is 59.8 Å². The summed E-state index contributed by atoms with van der Waals surface area (Å²) in [6.45, 7) is -3.15. The molecule has 0 aliphatic heterocycles. The molecule has 0 aliphatic rings. The summed E-state index contributed by atoms with van der Waals surface area (Å²) in [5, 5.41) is 74.3. The highest BCUT2D eigenvalue weighted by Crippen LogP contribution is 2.25. The molecule has 13 heteroatoms. The molecular weight excluding hydrogens is 544 g/mol. The molecule has 0 heterocycles. The third-order valence-electron chi connectivity index (χ3n) is 6.38. The van der Waals surface area contributed by atoms with Crippen LogP contribution < -0.4 is 0 Å². The van der Waals surface area contributed by atoms with Crippen molar-refractivity contribution in [1.29, 1.82) is 0 Å². The fraction of sp³-hybridized carbons (Fsp3) is 0.964. The first-order valence-corrected chi connectivity index (χ1v) is 14.9. The van der Waals surface area contributed by atoms with E-state index in [0.29, 0.717) is 12.8 Å². The average Bonchev–Trinajstić information content (AvgIpc) is 2.99. The molecule has 4 unspecified atom stereocenters. The van der Waals surface area contributed by atoms with Crippen LogP contribution in [0.5, 0.6) is 0 Å². The molecule has 41 heavy (non-hydrogen) atoms. The van der Waals surface area contributed by atoms with Gasteiger partial charge in [0, 0.05) is 12.8 Å². The molecule has 0 radical (unpaired) electrons. The Labute approximate surface area is 244 Å². The Morgan fingerprint density at radius 1 is 0.488 bits per heavy atom. The zero-order valence-corrected chi connectivity index (χ0v) is 24.5. The third kappa shape index (κ3) is 23.2. The van der Waals surface area contributed by atoms with Crippen LogP contribution in [-0.4, -0.2) is 130 Å². The van der Waals surface area contributed by atoms with Crippen molar-refractivity contribution >= 4 is 5.97 Å². The van der Waals surface area contributed by atoms with Gasteiger partial charge in [-0.1, -0.05) is 64.2 Å². The average molecular weight is 601 g/mol. The Morgan fingerprint density at radius 3 is 1.17 bits per heavy atom. The van der Waals surface area contributed by atoms with Gasteiger partial charge in [-0.05, 0) is 12.8 Å². The van der Waals surface area contributed by atoms with Crippen LogP contribution in [-0.2, 0) is 23.7 Å². The minimum Gasteiger partial charge on any atom is -0.463 e. The van der Waals surface area contributed by atoms with Gasteiger partial charge in [-0.2, -0.15) is 0 Å².